The van der Waals surface area contributed by atoms with E-state index in [0.717, 1.165) is 22.6 Å². The molecule has 0 saturated heterocycles. The van der Waals surface area contributed by atoms with Crippen molar-refractivity contribution in [1.29, 1.82) is 0 Å². The summed E-state index contributed by atoms with van der Waals surface area (Å²) in [6.45, 7) is 2.00. The molecule has 100 valence electrons. The van der Waals surface area contributed by atoms with Crippen LogP contribution < -0.4 is 15.2 Å². The molecule has 0 aliphatic carbocycles. The Morgan fingerprint density at radius 3 is 1.32 bits per heavy atom. The van der Waals surface area contributed by atoms with Gasteiger partial charge in [0.15, 0.2) is 0 Å². The van der Waals surface area contributed by atoms with E-state index in [9.17, 15) is 0 Å². The molecule has 19 heavy (non-hydrogen) atoms. The minimum atomic E-state index is -0.543. The molecule has 0 fully saturated rings. The Morgan fingerprint density at radius 1 is 0.737 bits per heavy atom. The predicted molar refractivity (Wildman–Crippen MR) is 76.6 cm³/mol. The Balaban J connectivity index is 2.33. The zero-order valence-electron chi connectivity index (χ0n) is 11.5. The highest BCUT2D eigenvalue weighted by atomic mass is 16.5. The number of rotatable bonds is 4. The molecule has 0 aliphatic rings. The van der Waals surface area contributed by atoms with Crippen LogP contribution in [0.25, 0.3) is 0 Å². The summed E-state index contributed by atoms with van der Waals surface area (Å²) in [5, 5.41) is 0. The van der Waals surface area contributed by atoms with Gasteiger partial charge >= 0.3 is 0 Å². The Kier molecular flexibility index (Phi) is 3.76. The normalized spacial score (nSPS) is 11.2. The predicted octanol–water partition coefficient (Wildman–Crippen LogP) is 2.93. The molecule has 2 aromatic rings. The fourth-order valence-electron chi connectivity index (χ4n) is 2.04. The molecule has 0 aliphatic heterocycles. The third-order valence-electron chi connectivity index (χ3n) is 3.38. The second-order valence-corrected chi connectivity index (χ2v) is 4.66. The first-order valence-corrected chi connectivity index (χ1v) is 6.16. The van der Waals surface area contributed by atoms with Crippen LogP contribution in [0.4, 0.5) is 0 Å². The van der Waals surface area contributed by atoms with E-state index < -0.39 is 5.54 Å². The largest absolute Gasteiger partial charge is 0.497 e. The Bertz CT molecular complexity index is 480. The summed E-state index contributed by atoms with van der Waals surface area (Å²) in [4.78, 5) is 0. The van der Waals surface area contributed by atoms with E-state index in [1.165, 1.54) is 0 Å². The number of nitrogens with two attached hydrogens (primary N) is 1. The fraction of sp³-hybridized carbons (Fsp3) is 0.250. The molecule has 0 saturated carbocycles. The molecule has 0 bridgehead atoms. The molecule has 0 unspecified atom stereocenters. The zero-order valence-corrected chi connectivity index (χ0v) is 11.5. The van der Waals surface area contributed by atoms with Crippen molar-refractivity contribution in [3.05, 3.63) is 59.7 Å². The van der Waals surface area contributed by atoms with Gasteiger partial charge in [0.1, 0.15) is 11.5 Å². The van der Waals surface area contributed by atoms with Gasteiger partial charge in [0.2, 0.25) is 0 Å². The number of ether oxygens (including phenoxy) is 2. The first kappa shape index (κ1) is 13.4. The third-order valence-corrected chi connectivity index (χ3v) is 3.38. The highest BCUT2D eigenvalue weighted by Gasteiger charge is 2.23. The van der Waals surface area contributed by atoms with Crippen LogP contribution in [0.15, 0.2) is 48.5 Å². The van der Waals surface area contributed by atoms with Crippen LogP contribution in [-0.4, -0.2) is 14.2 Å². The van der Waals surface area contributed by atoms with Gasteiger partial charge in [0, 0.05) is 0 Å². The van der Waals surface area contributed by atoms with Crippen LogP contribution in [0, 0.1) is 0 Å². The Hall–Kier alpha value is -2.00. The molecule has 0 spiro atoms. The lowest BCUT2D eigenvalue weighted by Gasteiger charge is -2.26. The maximum atomic E-state index is 6.46. The quantitative estimate of drug-likeness (QED) is 0.916. The van der Waals surface area contributed by atoms with E-state index in [1.807, 2.05) is 55.5 Å². The number of hydrogen-bond acceptors (Lipinski definition) is 3. The minimum Gasteiger partial charge on any atom is -0.497 e. The lowest BCUT2D eigenvalue weighted by molar-refractivity contribution is 0.413. The molecule has 0 heterocycles. The molecule has 2 rings (SSSR count). The molecule has 3 heteroatoms. The van der Waals surface area contributed by atoms with Crippen LogP contribution in [-0.2, 0) is 5.54 Å². The summed E-state index contributed by atoms with van der Waals surface area (Å²) >= 11 is 0. The van der Waals surface area contributed by atoms with Crippen LogP contribution in [0.3, 0.4) is 0 Å². The fourth-order valence-corrected chi connectivity index (χ4v) is 2.04. The summed E-state index contributed by atoms with van der Waals surface area (Å²) in [7, 11) is 3.31. The van der Waals surface area contributed by atoms with Gasteiger partial charge in [-0.3, -0.25) is 0 Å². The maximum absolute atomic E-state index is 6.46. The number of benzene rings is 2. The molecule has 0 amide bonds. The zero-order chi connectivity index (χ0) is 13.9. The smallest absolute Gasteiger partial charge is 0.118 e. The van der Waals surface area contributed by atoms with Crippen molar-refractivity contribution >= 4 is 0 Å². The maximum Gasteiger partial charge on any atom is 0.118 e. The van der Waals surface area contributed by atoms with Crippen molar-refractivity contribution in [2.45, 2.75) is 12.5 Å². The van der Waals surface area contributed by atoms with Crippen LogP contribution in [0.5, 0.6) is 11.5 Å². The summed E-state index contributed by atoms with van der Waals surface area (Å²) in [5.41, 5.74) is 8.00. The summed E-state index contributed by atoms with van der Waals surface area (Å²) < 4.78 is 10.3. The van der Waals surface area contributed by atoms with Crippen molar-refractivity contribution < 1.29 is 9.47 Å². The molecule has 0 aromatic heterocycles. The van der Waals surface area contributed by atoms with E-state index in [4.69, 9.17) is 15.2 Å². The van der Waals surface area contributed by atoms with Crippen molar-refractivity contribution in [1.82, 2.24) is 0 Å². The van der Waals surface area contributed by atoms with Crippen molar-refractivity contribution in [3.8, 4) is 11.5 Å². The average Bonchev–Trinajstić information content (AvgIpc) is 2.47. The van der Waals surface area contributed by atoms with Gasteiger partial charge in [-0.25, -0.2) is 0 Å². The molecule has 2 aromatic carbocycles. The van der Waals surface area contributed by atoms with E-state index in [2.05, 4.69) is 0 Å². The lowest BCUT2D eigenvalue weighted by Crippen LogP contribution is -2.34. The van der Waals surface area contributed by atoms with E-state index in [-0.39, 0.29) is 0 Å². The highest BCUT2D eigenvalue weighted by Crippen LogP contribution is 2.29. The topological polar surface area (TPSA) is 44.5 Å². The third kappa shape index (κ3) is 2.71. The van der Waals surface area contributed by atoms with Gasteiger partial charge in [-0.1, -0.05) is 24.3 Å². The summed E-state index contributed by atoms with van der Waals surface area (Å²) in [6, 6.07) is 15.6. The van der Waals surface area contributed by atoms with Crippen molar-refractivity contribution in [3.63, 3.8) is 0 Å². The molecule has 0 radical (unpaired) electrons. The van der Waals surface area contributed by atoms with Gasteiger partial charge in [0.05, 0.1) is 19.8 Å². The van der Waals surface area contributed by atoms with E-state index in [1.54, 1.807) is 14.2 Å². The summed E-state index contributed by atoms with van der Waals surface area (Å²) in [6.07, 6.45) is 0. The van der Waals surface area contributed by atoms with Crippen molar-refractivity contribution in [2.24, 2.45) is 5.73 Å². The van der Waals surface area contributed by atoms with Gasteiger partial charge in [-0.15, -0.1) is 0 Å². The van der Waals surface area contributed by atoms with E-state index >= 15 is 0 Å². The molecule has 2 N–H and O–H groups in total. The second kappa shape index (κ2) is 5.33. The van der Waals surface area contributed by atoms with E-state index in [0.29, 0.717) is 0 Å². The minimum absolute atomic E-state index is 0.543. The molecule has 0 atom stereocenters. The number of hydrogen-bond donors (Lipinski definition) is 1. The second-order valence-electron chi connectivity index (χ2n) is 4.66. The van der Waals surface area contributed by atoms with Gasteiger partial charge in [-0.05, 0) is 42.3 Å². The summed E-state index contributed by atoms with van der Waals surface area (Å²) in [5.74, 6) is 1.66. The standard InChI is InChI=1S/C16H19NO2/c1-16(17,12-4-8-14(18-2)9-5-12)13-6-10-15(19-3)11-7-13/h4-11H,17H2,1-3H3. The van der Waals surface area contributed by atoms with Crippen molar-refractivity contribution in [2.75, 3.05) is 14.2 Å². The first-order valence-electron chi connectivity index (χ1n) is 6.16. The molecule has 3 nitrogen and oxygen atoms in total. The van der Waals surface area contributed by atoms with Crippen LogP contribution >= 0.6 is 0 Å². The average molecular weight is 257 g/mol. The first-order chi connectivity index (χ1) is 9.07. The SMILES string of the molecule is COc1ccc(C(C)(N)c2ccc(OC)cc2)cc1. The number of methoxy groups -OCH3 is 2. The van der Waals surface area contributed by atoms with Gasteiger partial charge in [-0.2, -0.15) is 0 Å². The van der Waals surface area contributed by atoms with Crippen LogP contribution in [0.1, 0.15) is 18.1 Å². The monoisotopic (exact) mass is 257 g/mol. The van der Waals surface area contributed by atoms with Gasteiger partial charge in [0.25, 0.3) is 0 Å². The lowest BCUT2D eigenvalue weighted by atomic mass is 9.86. The van der Waals surface area contributed by atoms with Gasteiger partial charge < -0.3 is 15.2 Å². The Labute approximate surface area is 114 Å². The Morgan fingerprint density at radius 2 is 1.05 bits per heavy atom. The highest BCUT2D eigenvalue weighted by molar-refractivity contribution is 5.41. The van der Waals surface area contributed by atoms with Crippen LogP contribution in [0.2, 0.25) is 0 Å². The molecular formula is C16H19NO2. The molecular weight excluding hydrogens is 238 g/mol.